The van der Waals surface area contributed by atoms with Crippen LogP contribution in [0.15, 0.2) is 42.7 Å². The van der Waals surface area contributed by atoms with Gasteiger partial charge in [0.15, 0.2) is 0 Å². The van der Waals surface area contributed by atoms with Crippen LogP contribution in [-0.2, 0) is 17.9 Å². The predicted octanol–water partition coefficient (Wildman–Crippen LogP) is 2.43. The lowest BCUT2D eigenvalue weighted by Crippen LogP contribution is -2.36. The van der Waals surface area contributed by atoms with Gasteiger partial charge in [-0.3, -0.25) is 4.79 Å². The lowest BCUT2D eigenvalue weighted by molar-refractivity contribution is -0.139. The van der Waals surface area contributed by atoms with Crippen LogP contribution in [0.4, 0.5) is 5.95 Å². The summed E-state index contributed by atoms with van der Waals surface area (Å²) < 4.78 is 0. The van der Waals surface area contributed by atoms with Crippen LogP contribution in [0.25, 0.3) is 0 Å². The molecule has 0 saturated carbocycles. The third kappa shape index (κ3) is 5.67. The fourth-order valence-electron chi connectivity index (χ4n) is 2.16. The molecule has 3 N–H and O–H groups in total. The topological polar surface area (TPSA) is 87.1 Å². The number of hydrogen-bond acceptors (Lipinski definition) is 5. The number of nitrogens with one attached hydrogen (secondary N) is 2. The minimum Gasteiger partial charge on any atom is -0.480 e. The maximum absolute atomic E-state index is 11.1. The number of anilines is 1. The van der Waals surface area contributed by atoms with Gasteiger partial charge in [0.05, 0.1) is 0 Å². The molecule has 0 bridgehead atoms. The van der Waals surface area contributed by atoms with E-state index in [2.05, 4.69) is 20.6 Å². The summed E-state index contributed by atoms with van der Waals surface area (Å²) >= 11 is 0. The Morgan fingerprint density at radius 3 is 2.43 bits per heavy atom. The molecular weight excluding hydrogens is 292 g/mol. The van der Waals surface area contributed by atoms with E-state index in [9.17, 15) is 4.79 Å². The monoisotopic (exact) mass is 314 g/mol. The first-order valence-electron chi connectivity index (χ1n) is 7.74. The normalized spacial score (nSPS) is 11.9. The molecule has 122 valence electrons. The van der Waals surface area contributed by atoms with Gasteiger partial charge in [0.1, 0.15) is 6.04 Å². The molecule has 1 aromatic heterocycles. The van der Waals surface area contributed by atoms with E-state index < -0.39 is 12.0 Å². The van der Waals surface area contributed by atoms with E-state index >= 15 is 0 Å². The Morgan fingerprint density at radius 2 is 1.83 bits per heavy atom. The molecule has 6 nitrogen and oxygen atoms in total. The van der Waals surface area contributed by atoms with Gasteiger partial charge in [-0.2, -0.15) is 0 Å². The molecule has 1 aromatic carbocycles. The van der Waals surface area contributed by atoms with Crippen LogP contribution >= 0.6 is 0 Å². The van der Waals surface area contributed by atoms with E-state index in [-0.39, 0.29) is 0 Å². The largest absolute Gasteiger partial charge is 0.480 e. The standard InChI is InChI=1S/C17H22N4O2/c1-2-6-15(16(22)23)18-10-14-11-20-17(21-12-14)19-9-13-7-4-3-5-8-13/h3-5,7-8,11-12,15,18H,2,6,9-10H2,1H3,(H,22,23)(H,19,20,21)/t15-/m1/s1. The molecule has 1 heterocycles. The highest BCUT2D eigenvalue weighted by atomic mass is 16.4. The number of carboxylic acids is 1. The van der Waals surface area contributed by atoms with Crippen molar-refractivity contribution in [2.45, 2.75) is 38.9 Å². The molecule has 2 rings (SSSR count). The SMILES string of the molecule is CCC[C@@H](NCc1cnc(NCc2ccccc2)nc1)C(=O)O. The quantitative estimate of drug-likeness (QED) is 0.659. The first kappa shape index (κ1) is 16.9. The number of carbonyl (C=O) groups is 1. The molecule has 0 aliphatic heterocycles. The van der Waals surface area contributed by atoms with Gasteiger partial charge >= 0.3 is 5.97 Å². The minimum atomic E-state index is -0.825. The van der Waals surface area contributed by atoms with Crippen molar-refractivity contribution in [3.05, 3.63) is 53.9 Å². The Bertz CT molecular complexity index is 602. The highest BCUT2D eigenvalue weighted by Gasteiger charge is 2.15. The summed E-state index contributed by atoms with van der Waals surface area (Å²) in [6.07, 6.45) is 4.84. The number of aromatic nitrogens is 2. The highest BCUT2D eigenvalue weighted by Crippen LogP contribution is 2.05. The van der Waals surface area contributed by atoms with Gasteiger partial charge in [-0.1, -0.05) is 43.7 Å². The maximum atomic E-state index is 11.1. The lowest BCUT2D eigenvalue weighted by Gasteiger charge is -2.13. The van der Waals surface area contributed by atoms with Gasteiger partial charge in [0, 0.05) is 31.0 Å². The summed E-state index contributed by atoms with van der Waals surface area (Å²) in [5.41, 5.74) is 2.02. The van der Waals surface area contributed by atoms with Crippen molar-refractivity contribution < 1.29 is 9.90 Å². The fraction of sp³-hybridized carbons (Fsp3) is 0.353. The molecule has 6 heteroatoms. The molecular formula is C17H22N4O2. The van der Waals surface area contributed by atoms with Gasteiger partial charge in [-0.05, 0) is 12.0 Å². The van der Waals surface area contributed by atoms with Gasteiger partial charge in [0.2, 0.25) is 5.95 Å². The minimum absolute atomic E-state index is 0.440. The van der Waals surface area contributed by atoms with Crippen LogP contribution in [0, 0.1) is 0 Å². The summed E-state index contributed by atoms with van der Waals surface area (Å²) in [4.78, 5) is 19.6. The fourth-order valence-corrected chi connectivity index (χ4v) is 2.16. The number of nitrogens with zero attached hydrogens (tertiary/aromatic N) is 2. The Labute approximate surface area is 136 Å². The van der Waals surface area contributed by atoms with Gasteiger partial charge in [-0.15, -0.1) is 0 Å². The Morgan fingerprint density at radius 1 is 1.13 bits per heavy atom. The van der Waals surface area contributed by atoms with E-state index in [1.807, 2.05) is 37.3 Å². The van der Waals surface area contributed by atoms with Crippen molar-refractivity contribution >= 4 is 11.9 Å². The van der Waals surface area contributed by atoms with Crippen molar-refractivity contribution in [1.82, 2.24) is 15.3 Å². The molecule has 0 fully saturated rings. The van der Waals surface area contributed by atoms with E-state index in [4.69, 9.17) is 5.11 Å². The first-order valence-corrected chi connectivity index (χ1v) is 7.74. The molecule has 2 aromatic rings. The average molecular weight is 314 g/mol. The highest BCUT2D eigenvalue weighted by molar-refractivity contribution is 5.73. The second-order valence-electron chi connectivity index (χ2n) is 5.31. The Kier molecular flexibility index (Phi) is 6.50. The molecule has 23 heavy (non-hydrogen) atoms. The van der Waals surface area contributed by atoms with Crippen LogP contribution in [0.1, 0.15) is 30.9 Å². The summed E-state index contributed by atoms with van der Waals surface area (Å²) in [6, 6.07) is 9.49. The van der Waals surface area contributed by atoms with E-state index in [0.717, 1.165) is 17.5 Å². The second kappa shape index (κ2) is 8.85. The number of rotatable bonds is 9. The number of carboxylic acid groups (broad SMARTS) is 1. The number of benzene rings is 1. The van der Waals surface area contributed by atoms with Crippen molar-refractivity contribution in [3.63, 3.8) is 0 Å². The third-order valence-corrected chi connectivity index (χ3v) is 3.43. The summed E-state index contributed by atoms with van der Waals surface area (Å²) in [7, 11) is 0. The number of aliphatic carboxylic acids is 1. The van der Waals surface area contributed by atoms with Crippen molar-refractivity contribution in [3.8, 4) is 0 Å². The molecule has 0 radical (unpaired) electrons. The first-order chi connectivity index (χ1) is 11.2. The molecule has 0 saturated heterocycles. The van der Waals surface area contributed by atoms with Crippen LogP contribution < -0.4 is 10.6 Å². The molecule has 0 unspecified atom stereocenters. The molecule has 0 aliphatic rings. The zero-order chi connectivity index (χ0) is 16.5. The summed E-state index contributed by atoms with van der Waals surface area (Å²) in [6.45, 7) is 3.07. The molecule has 1 atom stereocenters. The van der Waals surface area contributed by atoms with Gasteiger partial charge in [-0.25, -0.2) is 9.97 Å². The predicted molar refractivity (Wildman–Crippen MR) is 89.0 cm³/mol. The van der Waals surface area contributed by atoms with Gasteiger partial charge in [0.25, 0.3) is 0 Å². The Balaban J connectivity index is 1.83. The average Bonchev–Trinajstić information content (AvgIpc) is 2.58. The zero-order valence-electron chi connectivity index (χ0n) is 13.2. The zero-order valence-corrected chi connectivity index (χ0v) is 13.2. The van der Waals surface area contributed by atoms with Crippen molar-refractivity contribution in [2.24, 2.45) is 0 Å². The van der Waals surface area contributed by atoms with E-state index in [1.54, 1.807) is 12.4 Å². The Hall–Kier alpha value is -2.47. The molecule has 0 aliphatic carbocycles. The van der Waals surface area contributed by atoms with Crippen LogP contribution in [-0.4, -0.2) is 27.1 Å². The lowest BCUT2D eigenvalue weighted by atomic mass is 10.1. The third-order valence-electron chi connectivity index (χ3n) is 3.43. The second-order valence-corrected chi connectivity index (χ2v) is 5.31. The van der Waals surface area contributed by atoms with E-state index in [1.165, 1.54) is 0 Å². The molecule has 0 amide bonds. The summed E-state index contributed by atoms with van der Waals surface area (Å²) in [5.74, 6) is -0.269. The van der Waals surface area contributed by atoms with E-state index in [0.29, 0.717) is 25.5 Å². The smallest absolute Gasteiger partial charge is 0.320 e. The molecule has 0 spiro atoms. The van der Waals surface area contributed by atoms with Crippen molar-refractivity contribution in [2.75, 3.05) is 5.32 Å². The van der Waals surface area contributed by atoms with Crippen LogP contribution in [0.2, 0.25) is 0 Å². The maximum Gasteiger partial charge on any atom is 0.320 e. The summed E-state index contributed by atoms with van der Waals surface area (Å²) in [5, 5.41) is 15.3. The van der Waals surface area contributed by atoms with Crippen LogP contribution in [0.5, 0.6) is 0 Å². The van der Waals surface area contributed by atoms with Gasteiger partial charge < -0.3 is 15.7 Å². The van der Waals surface area contributed by atoms with Crippen LogP contribution in [0.3, 0.4) is 0 Å². The van der Waals surface area contributed by atoms with Crippen molar-refractivity contribution in [1.29, 1.82) is 0 Å². The number of hydrogen-bond donors (Lipinski definition) is 3.